The third kappa shape index (κ3) is 7.14. The van der Waals surface area contributed by atoms with Crippen LogP contribution >= 0.6 is 23.2 Å². The van der Waals surface area contributed by atoms with Crippen molar-refractivity contribution in [2.24, 2.45) is 5.92 Å². The van der Waals surface area contributed by atoms with E-state index in [0.717, 1.165) is 25.9 Å². The van der Waals surface area contributed by atoms with Gasteiger partial charge in [-0.2, -0.15) is 0 Å². The smallest absolute Gasteiger partial charge is 0.293 e. The number of ether oxygens (including phenoxy) is 2. The highest BCUT2D eigenvalue weighted by atomic mass is 35.5. The Morgan fingerprint density at radius 2 is 1.73 bits per heavy atom. The largest absolute Gasteiger partial charge is 0.496 e. The van der Waals surface area contributed by atoms with Gasteiger partial charge in [-0.3, -0.25) is 9.59 Å². The van der Waals surface area contributed by atoms with Crippen LogP contribution in [0.25, 0.3) is 0 Å². The van der Waals surface area contributed by atoms with E-state index in [1.54, 1.807) is 12.1 Å². The van der Waals surface area contributed by atoms with Crippen LogP contribution in [0.2, 0.25) is 10.0 Å². The molecule has 0 unspecified atom stereocenters. The molecule has 0 N–H and O–H groups in total. The Balaban J connectivity index is 0.000000412. The number of carbonyl (C=O) groups excluding carboxylic acids is 2. The topological polar surface area (TPSA) is 55.8 Å². The predicted octanol–water partition coefficient (Wildman–Crippen LogP) is 4.48. The fraction of sp³-hybridized carbons (Fsp3) is 0.579. The van der Waals surface area contributed by atoms with Gasteiger partial charge in [-0.15, -0.1) is 0 Å². The molecule has 0 atom stereocenters. The Labute approximate surface area is 165 Å². The van der Waals surface area contributed by atoms with Gasteiger partial charge in [-0.1, -0.05) is 23.2 Å². The summed E-state index contributed by atoms with van der Waals surface area (Å²) in [5, 5.41) is 0.789. The summed E-state index contributed by atoms with van der Waals surface area (Å²) < 4.78 is 9.79. The van der Waals surface area contributed by atoms with Crippen molar-refractivity contribution in [2.45, 2.75) is 39.2 Å². The lowest BCUT2D eigenvalue weighted by atomic mass is 9.88. The van der Waals surface area contributed by atoms with Crippen LogP contribution in [-0.4, -0.2) is 50.0 Å². The van der Waals surface area contributed by atoms with Crippen molar-refractivity contribution in [1.82, 2.24) is 4.90 Å². The molecule has 7 heteroatoms. The molecule has 1 aliphatic rings. The van der Waals surface area contributed by atoms with E-state index in [4.69, 9.17) is 27.9 Å². The van der Waals surface area contributed by atoms with Crippen molar-refractivity contribution < 1.29 is 19.1 Å². The maximum atomic E-state index is 12.5. The number of rotatable bonds is 4. The molecule has 5 nitrogen and oxygen atoms in total. The van der Waals surface area contributed by atoms with Gasteiger partial charge in [0.15, 0.2) is 5.78 Å². The van der Waals surface area contributed by atoms with Crippen molar-refractivity contribution in [3.8, 4) is 5.75 Å². The number of hydrogen-bond acceptors (Lipinski definition) is 5. The number of carbonyl (C=O) groups is 2. The molecule has 1 saturated heterocycles. The molecule has 1 aliphatic heterocycles. The summed E-state index contributed by atoms with van der Waals surface area (Å²) >= 11 is 11.9. The van der Waals surface area contributed by atoms with Crippen LogP contribution in [0.15, 0.2) is 12.1 Å². The summed E-state index contributed by atoms with van der Waals surface area (Å²) in [6, 6.07) is 3.22. The van der Waals surface area contributed by atoms with Crippen LogP contribution in [0, 0.1) is 5.92 Å². The Bertz CT molecular complexity index is 621. The number of Topliss-reactive ketones (excluding diaryl/α,β-unsaturated/α-hetero) is 1. The summed E-state index contributed by atoms with van der Waals surface area (Å²) in [6.07, 6.45) is 1.75. The minimum absolute atomic E-state index is 0.0438. The highest BCUT2D eigenvalue weighted by Crippen LogP contribution is 2.33. The molecule has 0 saturated carbocycles. The van der Waals surface area contributed by atoms with Crippen molar-refractivity contribution in [2.75, 3.05) is 27.2 Å². The summed E-state index contributed by atoms with van der Waals surface area (Å²) in [4.78, 5) is 24.4. The van der Waals surface area contributed by atoms with Gasteiger partial charge in [0.05, 0.1) is 22.7 Å². The van der Waals surface area contributed by atoms with Gasteiger partial charge in [0.25, 0.3) is 6.47 Å². The molecule has 1 heterocycles. The van der Waals surface area contributed by atoms with Crippen molar-refractivity contribution in [3.05, 3.63) is 27.7 Å². The van der Waals surface area contributed by atoms with Gasteiger partial charge >= 0.3 is 0 Å². The lowest BCUT2D eigenvalue weighted by Crippen LogP contribution is -2.33. The molecular weight excluding hydrogens is 377 g/mol. The third-order valence-corrected chi connectivity index (χ3v) is 4.72. The number of benzene rings is 1. The molecule has 26 heavy (non-hydrogen) atoms. The SMILES string of the molecule is CC(C)(C)OC=O.COc1cc(Cl)c(Cl)cc1C(=O)C1CCN(C)CC1. The van der Waals surface area contributed by atoms with Crippen LogP contribution in [-0.2, 0) is 9.53 Å². The molecule has 1 aromatic carbocycles. The fourth-order valence-electron chi connectivity index (χ4n) is 2.53. The summed E-state index contributed by atoms with van der Waals surface area (Å²) in [7, 11) is 3.60. The predicted molar refractivity (Wildman–Crippen MR) is 104 cm³/mol. The van der Waals surface area contributed by atoms with E-state index >= 15 is 0 Å². The van der Waals surface area contributed by atoms with Crippen molar-refractivity contribution >= 4 is 35.5 Å². The zero-order chi connectivity index (χ0) is 19.9. The summed E-state index contributed by atoms with van der Waals surface area (Å²) in [5.74, 6) is 0.643. The van der Waals surface area contributed by atoms with Gasteiger partial charge in [-0.25, -0.2) is 0 Å². The highest BCUT2D eigenvalue weighted by Gasteiger charge is 2.27. The Kier molecular flexibility index (Phi) is 8.87. The van der Waals surface area contributed by atoms with E-state index in [1.807, 2.05) is 20.8 Å². The molecule has 1 fully saturated rings. The maximum absolute atomic E-state index is 12.5. The molecule has 146 valence electrons. The van der Waals surface area contributed by atoms with Gasteiger partial charge in [0.2, 0.25) is 0 Å². The van der Waals surface area contributed by atoms with E-state index in [2.05, 4.69) is 16.7 Å². The second-order valence-electron chi connectivity index (χ2n) is 7.23. The zero-order valence-corrected chi connectivity index (χ0v) is 17.5. The lowest BCUT2D eigenvalue weighted by molar-refractivity contribution is -0.138. The Hall–Kier alpha value is -1.30. The van der Waals surface area contributed by atoms with Crippen LogP contribution in [0.1, 0.15) is 44.0 Å². The minimum Gasteiger partial charge on any atom is -0.496 e. The first-order valence-corrected chi connectivity index (χ1v) is 9.22. The second kappa shape index (κ2) is 10.1. The van der Waals surface area contributed by atoms with Crippen LogP contribution in [0.5, 0.6) is 5.75 Å². The molecule has 0 bridgehead atoms. The Morgan fingerprint density at radius 3 is 2.15 bits per heavy atom. The normalized spacial score (nSPS) is 15.7. The number of piperidine rings is 1. The first kappa shape index (κ1) is 22.7. The molecule has 0 aromatic heterocycles. The molecule has 1 aromatic rings. The fourth-order valence-corrected chi connectivity index (χ4v) is 2.84. The number of halogens is 2. The van der Waals surface area contributed by atoms with Crippen LogP contribution in [0.3, 0.4) is 0 Å². The highest BCUT2D eigenvalue weighted by molar-refractivity contribution is 6.42. The van der Waals surface area contributed by atoms with E-state index in [0.29, 0.717) is 27.8 Å². The first-order chi connectivity index (χ1) is 12.1. The minimum atomic E-state index is -0.318. The maximum Gasteiger partial charge on any atom is 0.293 e. The van der Waals surface area contributed by atoms with Crippen molar-refractivity contribution in [1.29, 1.82) is 0 Å². The number of nitrogens with zero attached hydrogens (tertiary/aromatic N) is 1. The number of methoxy groups -OCH3 is 1. The molecule has 0 amide bonds. The number of hydrogen-bond donors (Lipinski definition) is 0. The van der Waals surface area contributed by atoms with Crippen LogP contribution in [0.4, 0.5) is 0 Å². The molecule has 0 spiro atoms. The average molecular weight is 404 g/mol. The molecular formula is C19H27Cl2NO4. The standard InChI is InChI=1S/C14H17Cl2NO2.C5H10O2/c1-17-5-3-9(4-6-17)14(18)10-7-11(15)12(16)8-13(10)19-2;1-5(2,3)7-4-6/h7-9H,3-6H2,1-2H3;4H,1-3H3. The first-order valence-electron chi connectivity index (χ1n) is 8.46. The number of likely N-dealkylation sites (tertiary alicyclic amines) is 1. The molecule has 0 aliphatic carbocycles. The molecule has 2 rings (SSSR count). The molecule has 0 radical (unpaired) electrons. The quantitative estimate of drug-likeness (QED) is 0.547. The van der Waals surface area contributed by atoms with E-state index in [1.165, 1.54) is 7.11 Å². The average Bonchev–Trinajstić information content (AvgIpc) is 2.56. The van der Waals surface area contributed by atoms with Gasteiger partial charge in [0.1, 0.15) is 11.4 Å². The zero-order valence-electron chi connectivity index (χ0n) is 16.0. The van der Waals surface area contributed by atoms with Gasteiger partial charge in [0, 0.05) is 12.0 Å². The van der Waals surface area contributed by atoms with Crippen LogP contribution < -0.4 is 4.74 Å². The number of ketones is 1. The van der Waals surface area contributed by atoms with Crippen molar-refractivity contribution in [3.63, 3.8) is 0 Å². The van der Waals surface area contributed by atoms with E-state index in [9.17, 15) is 9.59 Å². The monoisotopic (exact) mass is 403 g/mol. The summed E-state index contributed by atoms with van der Waals surface area (Å²) in [6.45, 7) is 7.81. The second-order valence-corrected chi connectivity index (χ2v) is 8.05. The third-order valence-electron chi connectivity index (χ3n) is 4.00. The Morgan fingerprint density at radius 1 is 1.19 bits per heavy atom. The summed E-state index contributed by atoms with van der Waals surface area (Å²) in [5.41, 5.74) is 0.216. The van der Waals surface area contributed by atoms with E-state index < -0.39 is 0 Å². The lowest BCUT2D eigenvalue weighted by Gasteiger charge is -2.28. The van der Waals surface area contributed by atoms with E-state index in [-0.39, 0.29) is 17.3 Å². The van der Waals surface area contributed by atoms with Gasteiger partial charge in [-0.05, 0) is 59.8 Å². The van der Waals surface area contributed by atoms with Gasteiger partial charge < -0.3 is 14.4 Å².